The molecule has 6 heteroatoms. The summed E-state index contributed by atoms with van der Waals surface area (Å²) in [6.07, 6.45) is 4.07. The number of hydrogen-bond acceptors (Lipinski definition) is 3. The molecular weight excluding hydrogens is 364 g/mol. The first kappa shape index (κ1) is 19.4. The van der Waals surface area contributed by atoms with E-state index in [2.05, 4.69) is 5.32 Å². The molecule has 0 aliphatic carbocycles. The molecular formula is C21H25ClN2O3. The van der Waals surface area contributed by atoms with Gasteiger partial charge in [0.05, 0.1) is 20.3 Å². The molecule has 1 unspecified atom stereocenters. The fourth-order valence-electron chi connectivity index (χ4n) is 3.49. The number of benzene rings is 2. The standard InChI is InChI=1S/C21H25ClN2O3/c1-26-16-12-15(13-17(14-16)27-2)23-21(25)24-11-7-3-4-10-20(24)18-8-5-6-9-19(18)22/h5-6,8-9,12-14,20H,3-4,7,10-11H2,1-2H3,(H,23,25). The lowest BCUT2D eigenvalue weighted by atomic mass is 10.0. The number of urea groups is 1. The quantitative estimate of drug-likeness (QED) is 0.751. The molecule has 144 valence electrons. The van der Waals surface area contributed by atoms with E-state index in [-0.39, 0.29) is 12.1 Å². The van der Waals surface area contributed by atoms with Gasteiger partial charge in [-0.15, -0.1) is 0 Å². The van der Waals surface area contributed by atoms with Gasteiger partial charge in [0.15, 0.2) is 0 Å². The Morgan fingerprint density at radius 1 is 1.07 bits per heavy atom. The molecule has 0 radical (unpaired) electrons. The molecule has 1 fully saturated rings. The zero-order valence-corrected chi connectivity index (χ0v) is 16.5. The van der Waals surface area contributed by atoms with Crippen molar-refractivity contribution >= 4 is 23.3 Å². The summed E-state index contributed by atoms with van der Waals surface area (Å²) in [5.41, 5.74) is 1.64. The largest absolute Gasteiger partial charge is 0.497 e. The second-order valence-corrected chi connectivity index (χ2v) is 7.02. The van der Waals surface area contributed by atoms with Gasteiger partial charge in [0.1, 0.15) is 11.5 Å². The lowest BCUT2D eigenvalue weighted by Gasteiger charge is -2.31. The smallest absolute Gasteiger partial charge is 0.322 e. The predicted octanol–water partition coefficient (Wildman–Crippen LogP) is 5.51. The van der Waals surface area contributed by atoms with Crippen molar-refractivity contribution in [3.63, 3.8) is 0 Å². The van der Waals surface area contributed by atoms with Crippen molar-refractivity contribution in [2.75, 3.05) is 26.1 Å². The number of anilines is 1. The molecule has 27 heavy (non-hydrogen) atoms. The van der Waals surface area contributed by atoms with Crippen molar-refractivity contribution in [3.8, 4) is 11.5 Å². The Labute approximate surface area is 165 Å². The van der Waals surface area contributed by atoms with E-state index in [1.807, 2.05) is 29.2 Å². The monoisotopic (exact) mass is 388 g/mol. The van der Waals surface area contributed by atoms with E-state index < -0.39 is 0 Å². The van der Waals surface area contributed by atoms with Crippen molar-refractivity contribution in [2.24, 2.45) is 0 Å². The van der Waals surface area contributed by atoms with Crippen molar-refractivity contribution in [2.45, 2.75) is 31.7 Å². The van der Waals surface area contributed by atoms with Crippen molar-refractivity contribution in [3.05, 3.63) is 53.1 Å². The van der Waals surface area contributed by atoms with Crippen LogP contribution in [0.4, 0.5) is 10.5 Å². The van der Waals surface area contributed by atoms with E-state index in [4.69, 9.17) is 21.1 Å². The first-order valence-electron chi connectivity index (χ1n) is 9.17. The van der Waals surface area contributed by atoms with Gasteiger partial charge in [-0.2, -0.15) is 0 Å². The summed E-state index contributed by atoms with van der Waals surface area (Å²) in [4.78, 5) is 15.0. The van der Waals surface area contributed by atoms with Gasteiger partial charge in [0, 0.05) is 35.5 Å². The number of carbonyl (C=O) groups excluding carboxylic acids is 1. The molecule has 1 atom stereocenters. The van der Waals surface area contributed by atoms with Gasteiger partial charge in [-0.25, -0.2) is 4.79 Å². The maximum Gasteiger partial charge on any atom is 0.322 e. The van der Waals surface area contributed by atoms with Gasteiger partial charge >= 0.3 is 6.03 Å². The fraction of sp³-hybridized carbons (Fsp3) is 0.381. The summed E-state index contributed by atoms with van der Waals surface area (Å²) < 4.78 is 10.6. The minimum atomic E-state index is -0.142. The fourth-order valence-corrected chi connectivity index (χ4v) is 3.76. The van der Waals surface area contributed by atoms with Crippen LogP contribution in [0.3, 0.4) is 0 Å². The number of nitrogens with one attached hydrogen (secondary N) is 1. The summed E-state index contributed by atoms with van der Waals surface area (Å²) in [6, 6.07) is 12.9. The van der Waals surface area contributed by atoms with E-state index >= 15 is 0 Å². The average Bonchev–Trinajstić information content (AvgIpc) is 2.94. The highest BCUT2D eigenvalue weighted by Gasteiger charge is 2.28. The molecule has 1 heterocycles. The SMILES string of the molecule is COc1cc(NC(=O)N2CCCCCC2c2ccccc2Cl)cc(OC)c1. The van der Waals surface area contributed by atoms with Crippen LogP contribution in [0.1, 0.15) is 37.3 Å². The number of likely N-dealkylation sites (tertiary alicyclic amines) is 1. The molecule has 0 aromatic heterocycles. The number of amides is 2. The molecule has 0 saturated carbocycles. The summed E-state index contributed by atoms with van der Waals surface area (Å²) in [6.45, 7) is 0.697. The molecule has 0 spiro atoms. The molecule has 1 N–H and O–H groups in total. The molecule has 3 rings (SSSR count). The first-order chi connectivity index (χ1) is 13.1. The van der Waals surface area contributed by atoms with Gasteiger partial charge < -0.3 is 19.7 Å². The summed E-state index contributed by atoms with van der Waals surface area (Å²) in [5, 5.41) is 3.69. The Hall–Kier alpha value is -2.40. The van der Waals surface area contributed by atoms with Gasteiger partial charge in [0.2, 0.25) is 0 Å². The number of rotatable bonds is 4. The Balaban J connectivity index is 1.85. The highest BCUT2D eigenvalue weighted by atomic mass is 35.5. The van der Waals surface area contributed by atoms with E-state index in [9.17, 15) is 4.79 Å². The Morgan fingerprint density at radius 2 is 1.78 bits per heavy atom. The molecule has 2 amide bonds. The van der Waals surface area contributed by atoms with Crippen LogP contribution < -0.4 is 14.8 Å². The Morgan fingerprint density at radius 3 is 2.44 bits per heavy atom. The molecule has 5 nitrogen and oxygen atoms in total. The highest BCUT2D eigenvalue weighted by Crippen LogP contribution is 2.35. The third-order valence-electron chi connectivity index (χ3n) is 4.88. The second-order valence-electron chi connectivity index (χ2n) is 6.61. The van der Waals surface area contributed by atoms with Crippen LogP contribution in [0.2, 0.25) is 5.02 Å². The summed E-state index contributed by atoms with van der Waals surface area (Å²) >= 11 is 6.43. The molecule has 0 bridgehead atoms. The van der Waals surface area contributed by atoms with Crippen LogP contribution in [0.15, 0.2) is 42.5 Å². The zero-order chi connectivity index (χ0) is 19.2. The predicted molar refractivity (Wildman–Crippen MR) is 108 cm³/mol. The third kappa shape index (κ3) is 4.66. The maximum atomic E-state index is 13.1. The van der Waals surface area contributed by atoms with Crippen molar-refractivity contribution < 1.29 is 14.3 Å². The lowest BCUT2D eigenvalue weighted by Crippen LogP contribution is -2.38. The minimum absolute atomic E-state index is 0.0336. The maximum absolute atomic E-state index is 13.1. The van der Waals surface area contributed by atoms with E-state index in [1.165, 1.54) is 0 Å². The van der Waals surface area contributed by atoms with E-state index in [1.54, 1.807) is 32.4 Å². The summed E-state index contributed by atoms with van der Waals surface area (Å²) in [5.74, 6) is 1.26. The van der Waals surface area contributed by atoms with Crippen LogP contribution >= 0.6 is 11.6 Å². The zero-order valence-electron chi connectivity index (χ0n) is 15.7. The van der Waals surface area contributed by atoms with Crippen molar-refractivity contribution in [1.82, 2.24) is 4.90 Å². The van der Waals surface area contributed by atoms with Crippen LogP contribution in [-0.2, 0) is 0 Å². The normalized spacial score (nSPS) is 17.1. The number of hydrogen-bond donors (Lipinski definition) is 1. The van der Waals surface area contributed by atoms with Gasteiger partial charge in [-0.1, -0.05) is 42.6 Å². The van der Waals surface area contributed by atoms with E-state index in [0.29, 0.717) is 28.8 Å². The first-order valence-corrected chi connectivity index (χ1v) is 9.55. The molecule has 2 aromatic rings. The van der Waals surface area contributed by atoms with Crippen LogP contribution in [0, 0.1) is 0 Å². The number of halogens is 1. The van der Waals surface area contributed by atoms with E-state index in [0.717, 1.165) is 31.2 Å². The molecule has 1 aliphatic heterocycles. The molecule has 2 aromatic carbocycles. The Kier molecular flexibility index (Phi) is 6.45. The molecule has 1 aliphatic rings. The highest BCUT2D eigenvalue weighted by molar-refractivity contribution is 6.31. The Bertz CT molecular complexity index is 774. The van der Waals surface area contributed by atoms with Crippen LogP contribution in [0.25, 0.3) is 0 Å². The third-order valence-corrected chi connectivity index (χ3v) is 5.22. The second kappa shape index (κ2) is 9.00. The topological polar surface area (TPSA) is 50.8 Å². The van der Waals surface area contributed by atoms with Crippen molar-refractivity contribution in [1.29, 1.82) is 0 Å². The van der Waals surface area contributed by atoms with Crippen LogP contribution in [0.5, 0.6) is 11.5 Å². The number of methoxy groups -OCH3 is 2. The molecule has 1 saturated heterocycles. The van der Waals surface area contributed by atoms with Crippen LogP contribution in [-0.4, -0.2) is 31.7 Å². The number of carbonyl (C=O) groups is 1. The lowest BCUT2D eigenvalue weighted by molar-refractivity contribution is 0.189. The number of nitrogens with zero attached hydrogens (tertiary/aromatic N) is 1. The number of ether oxygens (including phenoxy) is 2. The minimum Gasteiger partial charge on any atom is -0.497 e. The van der Waals surface area contributed by atoms with Gasteiger partial charge in [-0.3, -0.25) is 0 Å². The average molecular weight is 389 g/mol. The van der Waals surface area contributed by atoms with Gasteiger partial charge in [0.25, 0.3) is 0 Å². The summed E-state index contributed by atoms with van der Waals surface area (Å²) in [7, 11) is 3.17. The van der Waals surface area contributed by atoms with Gasteiger partial charge in [-0.05, 0) is 24.5 Å².